The van der Waals surface area contributed by atoms with Crippen LogP contribution < -0.4 is 0 Å². The van der Waals surface area contributed by atoms with Crippen molar-refractivity contribution in [2.24, 2.45) is 5.92 Å². The van der Waals surface area contributed by atoms with Crippen LogP contribution in [0.15, 0.2) is 42.1 Å². The quantitative estimate of drug-likeness (QED) is 0.610. The van der Waals surface area contributed by atoms with Crippen molar-refractivity contribution in [1.82, 2.24) is 14.7 Å². The number of likely N-dealkylation sites (tertiary alicyclic amines) is 1. The lowest BCUT2D eigenvalue weighted by atomic mass is 9.93. The van der Waals surface area contributed by atoms with Crippen LogP contribution in [-0.2, 0) is 16.1 Å². The van der Waals surface area contributed by atoms with E-state index in [9.17, 15) is 14.0 Å². The summed E-state index contributed by atoms with van der Waals surface area (Å²) in [5.74, 6) is -1.10. The van der Waals surface area contributed by atoms with Crippen molar-refractivity contribution in [3.05, 3.63) is 59.2 Å². The molecule has 4 rings (SSSR count). The van der Waals surface area contributed by atoms with Gasteiger partial charge in [-0.2, -0.15) is 17.7 Å². The number of carboxylic acids is 1. The summed E-state index contributed by atoms with van der Waals surface area (Å²) in [5, 5.41) is 13.3. The maximum Gasteiger partial charge on any atom is 0.305 e. The van der Waals surface area contributed by atoms with Crippen molar-refractivity contribution in [3.63, 3.8) is 0 Å². The Labute approximate surface area is 186 Å². The molecule has 0 bridgehead atoms. The first-order chi connectivity index (χ1) is 14.9. The van der Waals surface area contributed by atoms with Crippen LogP contribution >= 0.6 is 12.6 Å². The zero-order chi connectivity index (χ0) is 22.0. The number of nitrogens with zero attached hydrogens (tertiary/aromatic N) is 3. The molecule has 1 N–H and O–H groups in total. The molecule has 2 aromatic rings. The second-order valence-corrected chi connectivity index (χ2v) is 8.87. The highest BCUT2D eigenvalue weighted by atomic mass is 32.1. The first-order valence-corrected chi connectivity index (χ1v) is 11.1. The molecule has 1 aromatic heterocycles. The van der Waals surface area contributed by atoms with Gasteiger partial charge in [-0.15, -0.1) is 0 Å². The number of hydrogen-bond donors (Lipinski definition) is 2. The Hall–Kier alpha value is -2.45. The van der Waals surface area contributed by atoms with E-state index in [0.717, 1.165) is 30.5 Å². The number of benzene rings is 1. The topological polar surface area (TPSA) is 75.4 Å². The minimum Gasteiger partial charge on any atom is -0.481 e. The standard InChI is InChI=1S/C23H26FN3O3S/c24-19-4-2-1-3-18(19)22(23(30)15-5-6-15)26-10-8-20(31)16(14-26)13-17-7-11-27(25-17)12-9-21(28)29/h1-4,7,11,13,15,20,22,31H,5-6,8-10,12,14H2,(H,28,29). The summed E-state index contributed by atoms with van der Waals surface area (Å²) < 4.78 is 16.2. The maximum absolute atomic E-state index is 14.6. The van der Waals surface area contributed by atoms with Crippen LogP contribution in [0.2, 0.25) is 0 Å². The summed E-state index contributed by atoms with van der Waals surface area (Å²) in [6, 6.07) is 7.78. The molecule has 1 aliphatic heterocycles. The van der Waals surface area contributed by atoms with Gasteiger partial charge in [-0.05, 0) is 43.0 Å². The van der Waals surface area contributed by atoms with Gasteiger partial charge in [0.1, 0.15) is 5.82 Å². The van der Waals surface area contributed by atoms with E-state index in [1.165, 1.54) is 6.07 Å². The second-order valence-electron chi connectivity index (χ2n) is 8.24. The smallest absolute Gasteiger partial charge is 0.305 e. The van der Waals surface area contributed by atoms with E-state index in [4.69, 9.17) is 17.7 Å². The van der Waals surface area contributed by atoms with Gasteiger partial charge < -0.3 is 5.11 Å². The number of carboxylic acid groups (broad SMARTS) is 1. The molecular formula is C23H26FN3O3S. The Morgan fingerprint density at radius 2 is 2.03 bits per heavy atom. The van der Waals surface area contributed by atoms with E-state index in [0.29, 0.717) is 25.2 Å². The number of thiol groups is 1. The lowest BCUT2D eigenvalue weighted by Gasteiger charge is -2.37. The third kappa shape index (κ3) is 5.25. The number of aromatic nitrogens is 2. The van der Waals surface area contributed by atoms with Crippen molar-refractivity contribution in [2.45, 2.75) is 43.5 Å². The van der Waals surface area contributed by atoms with E-state index in [2.05, 4.69) is 10.00 Å². The van der Waals surface area contributed by atoms with Crippen LogP contribution in [0, 0.1) is 11.7 Å². The first kappa shape index (κ1) is 21.8. The lowest BCUT2D eigenvalue weighted by Crippen LogP contribution is -2.42. The predicted octanol–water partition coefficient (Wildman–Crippen LogP) is 3.60. The number of carbonyl (C=O) groups excluding carboxylic acids is 1. The highest BCUT2D eigenvalue weighted by Gasteiger charge is 2.40. The van der Waals surface area contributed by atoms with Gasteiger partial charge in [0.05, 0.1) is 24.7 Å². The predicted molar refractivity (Wildman–Crippen MR) is 118 cm³/mol. The average molecular weight is 444 g/mol. The van der Waals surface area contributed by atoms with Crippen LogP contribution in [0.3, 0.4) is 0 Å². The summed E-state index contributed by atoms with van der Waals surface area (Å²) in [7, 11) is 0. The van der Waals surface area contributed by atoms with Crippen LogP contribution in [0.25, 0.3) is 6.08 Å². The summed E-state index contributed by atoms with van der Waals surface area (Å²) in [6.07, 6.45) is 6.21. The Morgan fingerprint density at radius 1 is 1.26 bits per heavy atom. The first-order valence-electron chi connectivity index (χ1n) is 10.6. The Balaban J connectivity index is 1.56. The third-order valence-corrected chi connectivity index (χ3v) is 6.46. The van der Waals surface area contributed by atoms with Gasteiger partial charge >= 0.3 is 5.97 Å². The zero-order valence-electron chi connectivity index (χ0n) is 17.2. The van der Waals surface area contributed by atoms with E-state index in [1.54, 1.807) is 29.1 Å². The molecule has 0 amide bonds. The molecule has 2 atom stereocenters. The molecule has 2 aliphatic rings. The maximum atomic E-state index is 14.6. The molecule has 164 valence electrons. The van der Waals surface area contributed by atoms with Gasteiger partial charge in [-0.1, -0.05) is 18.2 Å². The second kappa shape index (κ2) is 9.36. The molecular weight excluding hydrogens is 417 g/mol. The normalized spacial score (nSPS) is 21.9. The molecule has 0 spiro atoms. The van der Waals surface area contributed by atoms with Gasteiger partial charge in [-0.25, -0.2) is 4.39 Å². The summed E-state index contributed by atoms with van der Waals surface area (Å²) in [6.45, 7) is 1.48. The van der Waals surface area contributed by atoms with Gasteiger partial charge in [0.2, 0.25) is 0 Å². The van der Waals surface area contributed by atoms with Crippen molar-refractivity contribution in [3.8, 4) is 0 Å². The number of Topliss-reactive ketones (excluding diaryl/α,β-unsaturated/α-hetero) is 1. The van der Waals surface area contributed by atoms with Crippen molar-refractivity contribution < 1.29 is 19.1 Å². The minimum atomic E-state index is -0.867. The number of hydrogen-bond acceptors (Lipinski definition) is 5. The number of aryl methyl sites for hydroxylation is 1. The zero-order valence-corrected chi connectivity index (χ0v) is 18.0. The molecule has 1 saturated heterocycles. The highest BCUT2D eigenvalue weighted by Crippen LogP contribution is 2.39. The van der Waals surface area contributed by atoms with Gasteiger partial charge in [0.15, 0.2) is 5.78 Å². The molecule has 1 aromatic carbocycles. The van der Waals surface area contributed by atoms with Crippen molar-refractivity contribution in [1.29, 1.82) is 0 Å². The summed E-state index contributed by atoms with van der Waals surface area (Å²) >= 11 is 4.72. The molecule has 8 heteroatoms. The summed E-state index contributed by atoms with van der Waals surface area (Å²) in [4.78, 5) is 25.9. The number of aliphatic carboxylic acids is 1. The van der Waals surface area contributed by atoms with Gasteiger partial charge in [0, 0.05) is 36.0 Å². The van der Waals surface area contributed by atoms with Crippen molar-refractivity contribution in [2.75, 3.05) is 13.1 Å². The molecule has 1 saturated carbocycles. The minimum absolute atomic E-state index is 0.00819. The number of piperidine rings is 1. The fourth-order valence-electron chi connectivity index (χ4n) is 4.05. The molecule has 2 heterocycles. The fourth-order valence-corrected chi connectivity index (χ4v) is 4.32. The van der Waals surface area contributed by atoms with Crippen LogP contribution in [-0.4, -0.2) is 49.9 Å². The third-order valence-electron chi connectivity index (χ3n) is 5.87. The largest absolute Gasteiger partial charge is 0.481 e. The highest BCUT2D eigenvalue weighted by molar-refractivity contribution is 7.81. The van der Waals surface area contributed by atoms with E-state index in [-0.39, 0.29) is 29.2 Å². The van der Waals surface area contributed by atoms with E-state index in [1.807, 2.05) is 12.1 Å². The van der Waals surface area contributed by atoms with Gasteiger partial charge in [0.25, 0.3) is 0 Å². The molecule has 2 fully saturated rings. The monoisotopic (exact) mass is 443 g/mol. The SMILES string of the molecule is O=C(O)CCn1ccc(C=C2CN(C(C(=O)C3CC3)c3ccccc3F)CCC2S)n1. The Bertz CT molecular complexity index is 1000. The van der Waals surface area contributed by atoms with Gasteiger partial charge in [-0.3, -0.25) is 19.2 Å². The Kier molecular flexibility index (Phi) is 6.57. The van der Waals surface area contributed by atoms with Crippen LogP contribution in [0.1, 0.15) is 43.0 Å². The summed E-state index contributed by atoms with van der Waals surface area (Å²) in [5.41, 5.74) is 2.18. The molecule has 6 nitrogen and oxygen atoms in total. The molecule has 1 aliphatic carbocycles. The number of carbonyl (C=O) groups is 2. The molecule has 2 unspecified atom stereocenters. The fraction of sp³-hybridized carbons (Fsp3) is 0.435. The molecule has 0 radical (unpaired) electrons. The van der Waals surface area contributed by atoms with Crippen LogP contribution in [0.5, 0.6) is 0 Å². The number of halogens is 1. The lowest BCUT2D eigenvalue weighted by molar-refractivity contribution is -0.137. The molecule has 31 heavy (non-hydrogen) atoms. The van der Waals surface area contributed by atoms with Crippen molar-refractivity contribution >= 4 is 30.5 Å². The van der Waals surface area contributed by atoms with E-state index >= 15 is 0 Å². The number of ketones is 1. The van der Waals surface area contributed by atoms with Crippen LogP contribution in [0.4, 0.5) is 4.39 Å². The number of rotatable bonds is 8. The van der Waals surface area contributed by atoms with E-state index < -0.39 is 12.0 Å². The average Bonchev–Trinajstić information content (AvgIpc) is 3.50. The Morgan fingerprint density at radius 3 is 2.74 bits per heavy atom.